The van der Waals surface area contributed by atoms with Crippen molar-refractivity contribution in [3.8, 4) is 0 Å². The first-order chi connectivity index (χ1) is 4.79. The third kappa shape index (κ3) is 0.774. The number of rotatable bonds is 0. The van der Waals surface area contributed by atoms with E-state index in [9.17, 15) is 0 Å². The highest BCUT2D eigenvalue weighted by atomic mass is 35.5. The molecule has 0 saturated carbocycles. The molecule has 0 bridgehead atoms. The molecule has 53 valence electrons. The van der Waals surface area contributed by atoms with Crippen LogP contribution in [0.4, 0.5) is 0 Å². The van der Waals surface area contributed by atoms with Crippen LogP contribution in [0.25, 0.3) is 0 Å². The standard InChI is InChI=1S/C7H6Cl2N/c8-6-4-5-2-1-3-10(5)7(6)9/h2,4H,1,3H2. The lowest BCUT2D eigenvalue weighted by Crippen LogP contribution is -1.89. The summed E-state index contributed by atoms with van der Waals surface area (Å²) in [5, 5.41) is 1.33. The Labute approximate surface area is 69.5 Å². The normalized spacial score (nSPS) is 15.8. The van der Waals surface area contributed by atoms with Crippen LogP contribution in [0.5, 0.6) is 0 Å². The summed E-state index contributed by atoms with van der Waals surface area (Å²) in [5.74, 6) is 0. The molecule has 2 rings (SSSR count). The molecule has 0 saturated heterocycles. The van der Waals surface area contributed by atoms with E-state index in [1.807, 2.05) is 10.6 Å². The molecule has 1 aromatic heterocycles. The summed E-state index contributed by atoms with van der Waals surface area (Å²) in [6.07, 6.45) is 3.21. The molecule has 3 heteroatoms. The molecule has 0 amide bonds. The van der Waals surface area contributed by atoms with Crippen LogP contribution in [-0.4, -0.2) is 4.57 Å². The van der Waals surface area contributed by atoms with Gasteiger partial charge in [-0.25, -0.2) is 0 Å². The molecule has 1 nitrogen and oxygen atoms in total. The van der Waals surface area contributed by atoms with Gasteiger partial charge in [0, 0.05) is 18.7 Å². The van der Waals surface area contributed by atoms with Gasteiger partial charge < -0.3 is 4.57 Å². The molecule has 1 aliphatic rings. The third-order valence-corrected chi connectivity index (χ3v) is 2.52. The number of aromatic nitrogens is 1. The van der Waals surface area contributed by atoms with E-state index in [0.29, 0.717) is 10.2 Å². The SMILES string of the molecule is Clc1cc2n(c1Cl)CC[CH]2. The Kier molecular flexibility index (Phi) is 1.43. The number of hydrogen-bond donors (Lipinski definition) is 0. The van der Waals surface area contributed by atoms with Crippen LogP contribution in [-0.2, 0) is 6.54 Å². The lowest BCUT2D eigenvalue weighted by Gasteiger charge is -1.96. The Hall–Kier alpha value is -0.140. The first-order valence-corrected chi connectivity index (χ1v) is 3.92. The number of halogens is 2. The van der Waals surface area contributed by atoms with E-state index in [2.05, 4.69) is 6.42 Å². The van der Waals surface area contributed by atoms with E-state index in [-0.39, 0.29) is 0 Å². The average molecular weight is 175 g/mol. The van der Waals surface area contributed by atoms with E-state index in [1.54, 1.807) is 0 Å². The molecule has 0 aromatic carbocycles. The lowest BCUT2D eigenvalue weighted by atomic mass is 10.3. The van der Waals surface area contributed by atoms with E-state index in [1.165, 1.54) is 0 Å². The van der Waals surface area contributed by atoms with Gasteiger partial charge in [-0.05, 0) is 12.5 Å². The molecule has 0 spiro atoms. The second kappa shape index (κ2) is 2.18. The smallest absolute Gasteiger partial charge is 0.127 e. The highest BCUT2D eigenvalue weighted by Gasteiger charge is 2.16. The van der Waals surface area contributed by atoms with Crippen molar-refractivity contribution in [2.45, 2.75) is 13.0 Å². The maximum Gasteiger partial charge on any atom is 0.127 e. The van der Waals surface area contributed by atoms with Gasteiger partial charge in [0.1, 0.15) is 5.15 Å². The van der Waals surface area contributed by atoms with Crippen LogP contribution in [0.15, 0.2) is 6.07 Å². The molecule has 0 unspecified atom stereocenters. The first-order valence-electron chi connectivity index (χ1n) is 3.17. The molecule has 10 heavy (non-hydrogen) atoms. The Balaban J connectivity index is 2.59. The molecule has 0 fully saturated rings. The second-order valence-electron chi connectivity index (χ2n) is 2.35. The predicted octanol–water partition coefficient (Wildman–Crippen LogP) is 2.75. The van der Waals surface area contributed by atoms with E-state index in [0.717, 1.165) is 18.7 Å². The second-order valence-corrected chi connectivity index (χ2v) is 3.12. The summed E-state index contributed by atoms with van der Waals surface area (Å²) >= 11 is 11.6. The molecule has 1 radical (unpaired) electrons. The van der Waals surface area contributed by atoms with Crippen molar-refractivity contribution in [1.82, 2.24) is 4.57 Å². The molecule has 2 heterocycles. The first kappa shape index (κ1) is 6.56. The highest BCUT2D eigenvalue weighted by molar-refractivity contribution is 6.41. The minimum absolute atomic E-state index is 0.660. The van der Waals surface area contributed by atoms with Crippen molar-refractivity contribution in [1.29, 1.82) is 0 Å². The molecule has 0 atom stereocenters. The van der Waals surface area contributed by atoms with Gasteiger partial charge in [0.15, 0.2) is 0 Å². The molecule has 0 N–H and O–H groups in total. The summed E-state index contributed by atoms with van der Waals surface area (Å²) in [6, 6.07) is 1.90. The van der Waals surface area contributed by atoms with Gasteiger partial charge in [-0.2, -0.15) is 0 Å². The molecule has 1 aromatic rings. The fourth-order valence-electron chi connectivity index (χ4n) is 1.25. The van der Waals surface area contributed by atoms with Crippen molar-refractivity contribution in [3.63, 3.8) is 0 Å². The van der Waals surface area contributed by atoms with Crippen molar-refractivity contribution in [3.05, 3.63) is 28.4 Å². The zero-order chi connectivity index (χ0) is 7.14. The molecule has 0 aliphatic carbocycles. The highest BCUT2D eigenvalue weighted by Crippen LogP contribution is 2.31. The van der Waals surface area contributed by atoms with Crippen molar-refractivity contribution < 1.29 is 0 Å². The number of nitrogens with zero attached hydrogens (tertiary/aromatic N) is 1. The van der Waals surface area contributed by atoms with Gasteiger partial charge in [-0.3, -0.25) is 0 Å². The average Bonchev–Trinajstić information content (AvgIpc) is 2.41. The third-order valence-electron chi connectivity index (χ3n) is 1.73. The van der Waals surface area contributed by atoms with Gasteiger partial charge in [0.05, 0.1) is 5.02 Å². The Morgan fingerprint density at radius 1 is 1.40 bits per heavy atom. The summed E-state index contributed by atoms with van der Waals surface area (Å²) in [6.45, 7) is 0.973. The van der Waals surface area contributed by atoms with E-state index < -0.39 is 0 Å². The van der Waals surface area contributed by atoms with Crippen molar-refractivity contribution in [2.75, 3.05) is 0 Å². The minimum Gasteiger partial charge on any atom is -0.334 e. The predicted molar refractivity (Wildman–Crippen MR) is 42.5 cm³/mol. The fraction of sp³-hybridized carbons (Fsp3) is 0.286. The Morgan fingerprint density at radius 3 is 2.90 bits per heavy atom. The fourth-order valence-corrected chi connectivity index (χ4v) is 1.70. The summed E-state index contributed by atoms with van der Waals surface area (Å²) in [5.41, 5.74) is 1.15. The quantitative estimate of drug-likeness (QED) is 0.571. The van der Waals surface area contributed by atoms with Gasteiger partial charge >= 0.3 is 0 Å². The van der Waals surface area contributed by atoms with Gasteiger partial charge in [0.2, 0.25) is 0 Å². The van der Waals surface area contributed by atoms with Crippen LogP contribution < -0.4 is 0 Å². The number of fused-ring (bicyclic) bond motifs is 1. The maximum atomic E-state index is 5.87. The van der Waals surface area contributed by atoms with Gasteiger partial charge in [-0.15, -0.1) is 0 Å². The van der Waals surface area contributed by atoms with Crippen LogP contribution >= 0.6 is 23.2 Å². The maximum absolute atomic E-state index is 5.87. The van der Waals surface area contributed by atoms with Crippen LogP contribution in [0.3, 0.4) is 0 Å². The minimum atomic E-state index is 0.660. The van der Waals surface area contributed by atoms with E-state index in [4.69, 9.17) is 23.2 Å². The zero-order valence-corrected chi connectivity index (χ0v) is 6.78. The van der Waals surface area contributed by atoms with Crippen LogP contribution in [0, 0.1) is 6.42 Å². The monoisotopic (exact) mass is 174 g/mol. The topological polar surface area (TPSA) is 4.93 Å². The Morgan fingerprint density at radius 2 is 2.20 bits per heavy atom. The molecule has 1 aliphatic heterocycles. The van der Waals surface area contributed by atoms with Gasteiger partial charge in [-0.1, -0.05) is 23.2 Å². The van der Waals surface area contributed by atoms with Crippen LogP contribution in [0.2, 0.25) is 10.2 Å². The van der Waals surface area contributed by atoms with Crippen molar-refractivity contribution >= 4 is 23.2 Å². The van der Waals surface area contributed by atoms with Crippen molar-refractivity contribution in [2.24, 2.45) is 0 Å². The number of hydrogen-bond acceptors (Lipinski definition) is 0. The Bertz CT molecular complexity index is 265. The molecular formula is C7H6Cl2N. The summed E-state index contributed by atoms with van der Waals surface area (Å²) < 4.78 is 2.02. The molecular weight excluding hydrogens is 169 g/mol. The summed E-state index contributed by atoms with van der Waals surface area (Å²) in [7, 11) is 0. The van der Waals surface area contributed by atoms with Crippen LogP contribution in [0.1, 0.15) is 12.1 Å². The lowest BCUT2D eigenvalue weighted by molar-refractivity contribution is 0.766. The van der Waals surface area contributed by atoms with Gasteiger partial charge in [0.25, 0.3) is 0 Å². The van der Waals surface area contributed by atoms with E-state index >= 15 is 0 Å². The largest absolute Gasteiger partial charge is 0.334 e. The zero-order valence-electron chi connectivity index (χ0n) is 5.27. The summed E-state index contributed by atoms with van der Waals surface area (Å²) in [4.78, 5) is 0.